The highest BCUT2D eigenvalue weighted by Gasteiger charge is 2.24. The van der Waals surface area contributed by atoms with Gasteiger partial charge in [0.15, 0.2) is 0 Å². The molecule has 0 aromatic rings. The molecule has 1 heterocycles. The first-order valence-corrected chi connectivity index (χ1v) is 7.09. The zero-order valence-electron chi connectivity index (χ0n) is 12.7. The lowest BCUT2D eigenvalue weighted by Gasteiger charge is -2.34. The van der Waals surface area contributed by atoms with Crippen LogP contribution in [0.5, 0.6) is 0 Å². The maximum absolute atomic E-state index is 12.0. The summed E-state index contributed by atoms with van der Waals surface area (Å²) in [6.45, 7) is 6.47. The van der Waals surface area contributed by atoms with Crippen LogP contribution in [-0.4, -0.2) is 93.2 Å². The number of likely N-dealkylation sites (N-methyl/N-ethyl adjacent to an activating group) is 1. The van der Waals surface area contributed by atoms with E-state index in [4.69, 9.17) is 4.74 Å². The Hall–Kier alpha value is -1.34. The Morgan fingerprint density at radius 2 is 1.75 bits per heavy atom. The minimum Gasteiger partial charge on any atom is -0.450 e. The van der Waals surface area contributed by atoms with Crippen molar-refractivity contribution < 1.29 is 14.3 Å². The third-order valence-corrected chi connectivity index (χ3v) is 3.17. The van der Waals surface area contributed by atoms with E-state index in [1.165, 1.54) is 0 Å². The zero-order chi connectivity index (χ0) is 15.0. The van der Waals surface area contributed by atoms with Crippen molar-refractivity contribution in [3.05, 3.63) is 0 Å². The highest BCUT2D eigenvalue weighted by Crippen LogP contribution is 2.03. The fraction of sp³-hybridized carbons (Fsp3) is 0.846. The van der Waals surface area contributed by atoms with Crippen molar-refractivity contribution in [3.8, 4) is 0 Å². The molecule has 0 saturated carbocycles. The number of ether oxygens (including phenoxy) is 1. The summed E-state index contributed by atoms with van der Waals surface area (Å²) in [5, 5.41) is 3.13. The monoisotopic (exact) mass is 286 g/mol. The highest BCUT2D eigenvalue weighted by molar-refractivity contribution is 5.78. The lowest BCUT2D eigenvalue weighted by molar-refractivity contribution is -0.131. The fourth-order valence-electron chi connectivity index (χ4n) is 1.96. The molecule has 0 bridgehead atoms. The summed E-state index contributed by atoms with van der Waals surface area (Å²) in [5.41, 5.74) is 0. The van der Waals surface area contributed by atoms with Gasteiger partial charge in [0, 0.05) is 39.3 Å². The van der Waals surface area contributed by atoms with Crippen LogP contribution in [0.4, 0.5) is 4.79 Å². The van der Waals surface area contributed by atoms with Crippen molar-refractivity contribution in [1.82, 2.24) is 20.0 Å². The molecule has 0 unspecified atom stereocenters. The van der Waals surface area contributed by atoms with Gasteiger partial charge in [-0.1, -0.05) is 0 Å². The van der Waals surface area contributed by atoms with Crippen molar-refractivity contribution >= 4 is 12.0 Å². The molecule has 0 aliphatic carbocycles. The summed E-state index contributed by atoms with van der Waals surface area (Å²) in [5.74, 6) is 0.0901. The van der Waals surface area contributed by atoms with E-state index in [-0.39, 0.29) is 12.0 Å². The van der Waals surface area contributed by atoms with Gasteiger partial charge in [0.2, 0.25) is 5.91 Å². The molecule has 0 aromatic heterocycles. The quantitative estimate of drug-likeness (QED) is 0.663. The number of piperazine rings is 1. The smallest absolute Gasteiger partial charge is 0.409 e. The molecule has 1 rings (SSSR count). The van der Waals surface area contributed by atoms with E-state index >= 15 is 0 Å². The van der Waals surface area contributed by atoms with E-state index in [0.29, 0.717) is 39.3 Å². The van der Waals surface area contributed by atoms with Crippen molar-refractivity contribution in [2.24, 2.45) is 0 Å². The van der Waals surface area contributed by atoms with E-state index < -0.39 is 0 Å². The first kappa shape index (κ1) is 16.7. The predicted molar refractivity (Wildman–Crippen MR) is 76.6 cm³/mol. The number of nitrogens with zero attached hydrogens (tertiary/aromatic N) is 3. The van der Waals surface area contributed by atoms with Gasteiger partial charge in [-0.3, -0.25) is 4.79 Å². The third kappa shape index (κ3) is 5.75. The lowest BCUT2D eigenvalue weighted by Crippen LogP contribution is -2.52. The molecule has 7 nitrogen and oxygen atoms in total. The molecular formula is C13H26N4O3. The second-order valence-corrected chi connectivity index (χ2v) is 5.05. The first-order chi connectivity index (χ1) is 9.54. The van der Waals surface area contributed by atoms with E-state index in [0.717, 1.165) is 13.1 Å². The van der Waals surface area contributed by atoms with E-state index in [1.54, 1.807) is 16.7 Å². The normalized spacial score (nSPS) is 15.6. The first-order valence-electron chi connectivity index (χ1n) is 7.09. The van der Waals surface area contributed by atoms with Crippen molar-refractivity contribution in [3.63, 3.8) is 0 Å². The third-order valence-electron chi connectivity index (χ3n) is 3.17. The number of carbonyl (C=O) groups excluding carboxylic acids is 2. The van der Waals surface area contributed by atoms with Gasteiger partial charge in [-0.2, -0.15) is 0 Å². The van der Waals surface area contributed by atoms with Crippen LogP contribution in [-0.2, 0) is 9.53 Å². The second-order valence-electron chi connectivity index (χ2n) is 5.05. The number of carbonyl (C=O) groups is 2. The van der Waals surface area contributed by atoms with E-state index in [9.17, 15) is 9.59 Å². The Kier molecular flexibility index (Phi) is 7.32. The van der Waals surface area contributed by atoms with Crippen LogP contribution in [0.1, 0.15) is 6.92 Å². The molecule has 1 N–H and O–H groups in total. The summed E-state index contributed by atoms with van der Waals surface area (Å²) in [6, 6.07) is 0. The van der Waals surface area contributed by atoms with Gasteiger partial charge in [0.25, 0.3) is 0 Å². The van der Waals surface area contributed by atoms with Crippen LogP contribution < -0.4 is 5.32 Å². The molecule has 0 radical (unpaired) electrons. The Morgan fingerprint density at radius 1 is 1.15 bits per heavy atom. The fourth-order valence-corrected chi connectivity index (χ4v) is 1.96. The summed E-state index contributed by atoms with van der Waals surface area (Å²) in [6.07, 6.45) is -0.288. The molecule has 116 valence electrons. The van der Waals surface area contributed by atoms with Crippen molar-refractivity contribution in [2.75, 3.05) is 66.5 Å². The Labute approximate surface area is 120 Å². The maximum atomic E-state index is 12.0. The molecular weight excluding hydrogens is 260 g/mol. The van der Waals surface area contributed by atoms with E-state index in [2.05, 4.69) is 10.2 Å². The SMILES string of the molecule is CCOC(=O)N1CCN(C(=O)CNCCN(C)C)CC1. The molecule has 1 saturated heterocycles. The molecule has 2 amide bonds. The van der Waals surface area contributed by atoms with Gasteiger partial charge in [-0.25, -0.2) is 4.79 Å². The molecule has 7 heteroatoms. The largest absolute Gasteiger partial charge is 0.450 e. The maximum Gasteiger partial charge on any atom is 0.409 e. The molecule has 1 aliphatic rings. The lowest BCUT2D eigenvalue weighted by atomic mass is 10.3. The zero-order valence-corrected chi connectivity index (χ0v) is 12.7. The summed E-state index contributed by atoms with van der Waals surface area (Å²) in [7, 11) is 4.00. The summed E-state index contributed by atoms with van der Waals surface area (Å²) >= 11 is 0. The van der Waals surface area contributed by atoms with Gasteiger partial charge in [-0.15, -0.1) is 0 Å². The van der Waals surface area contributed by atoms with Crippen LogP contribution in [0, 0.1) is 0 Å². The van der Waals surface area contributed by atoms with Gasteiger partial charge >= 0.3 is 6.09 Å². The molecule has 1 fully saturated rings. The number of rotatable bonds is 6. The van der Waals surface area contributed by atoms with Crippen LogP contribution in [0.15, 0.2) is 0 Å². The number of amides is 2. The predicted octanol–water partition coefficient (Wildman–Crippen LogP) is -0.562. The van der Waals surface area contributed by atoms with Gasteiger partial charge < -0.3 is 24.8 Å². The molecule has 0 spiro atoms. The van der Waals surface area contributed by atoms with Crippen LogP contribution in [0.2, 0.25) is 0 Å². The molecule has 20 heavy (non-hydrogen) atoms. The van der Waals surface area contributed by atoms with Crippen LogP contribution >= 0.6 is 0 Å². The minimum atomic E-state index is -0.288. The van der Waals surface area contributed by atoms with Crippen LogP contribution in [0.3, 0.4) is 0 Å². The van der Waals surface area contributed by atoms with Gasteiger partial charge in [0.1, 0.15) is 0 Å². The molecule has 0 aromatic carbocycles. The highest BCUT2D eigenvalue weighted by atomic mass is 16.6. The van der Waals surface area contributed by atoms with Gasteiger partial charge in [0.05, 0.1) is 13.2 Å². The minimum absolute atomic E-state index is 0.0901. The number of hydrogen-bond donors (Lipinski definition) is 1. The molecule has 0 atom stereocenters. The Morgan fingerprint density at radius 3 is 2.30 bits per heavy atom. The summed E-state index contributed by atoms with van der Waals surface area (Å²) < 4.78 is 4.95. The standard InChI is InChI=1S/C13H26N4O3/c1-4-20-13(19)17-9-7-16(8-10-17)12(18)11-14-5-6-15(2)3/h14H,4-11H2,1-3H3. The van der Waals surface area contributed by atoms with E-state index in [1.807, 2.05) is 14.1 Å². The molecule has 1 aliphatic heterocycles. The van der Waals surface area contributed by atoms with Crippen molar-refractivity contribution in [1.29, 1.82) is 0 Å². The Bertz CT molecular complexity index is 315. The second kappa shape index (κ2) is 8.76. The topological polar surface area (TPSA) is 65.1 Å². The van der Waals surface area contributed by atoms with Gasteiger partial charge in [-0.05, 0) is 21.0 Å². The Balaban J connectivity index is 2.20. The average molecular weight is 286 g/mol. The summed E-state index contributed by atoms with van der Waals surface area (Å²) in [4.78, 5) is 29.0. The number of nitrogens with one attached hydrogen (secondary N) is 1. The average Bonchev–Trinajstić information content (AvgIpc) is 2.43. The van der Waals surface area contributed by atoms with Crippen LogP contribution in [0.25, 0.3) is 0 Å². The van der Waals surface area contributed by atoms with Crippen molar-refractivity contribution in [2.45, 2.75) is 6.92 Å². The number of hydrogen-bond acceptors (Lipinski definition) is 5.